The Hall–Kier alpha value is -1.52. The van der Waals surface area contributed by atoms with Crippen molar-refractivity contribution in [3.63, 3.8) is 0 Å². The van der Waals surface area contributed by atoms with Crippen molar-refractivity contribution in [3.05, 3.63) is 23.6 Å². The van der Waals surface area contributed by atoms with Crippen LogP contribution in [0.15, 0.2) is 23.6 Å². The van der Waals surface area contributed by atoms with Gasteiger partial charge < -0.3 is 24.3 Å². The summed E-state index contributed by atoms with van der Waals surface area (Å²) in [6.45, 7) is 5.10. The van der Waals surface area contributed by atoms with Gasteiger partial charge in [0.15, 0.2) is 0 Å². The predicted molar refractivity (Wildman–Crippen MR) is 81.6 cm³/mol. The molecule has 5 nitrogen and oxygen atoms in total. The van der Waals surface area contributed by atoms with Crippen LogP contribution in [0.3, 0.4) is 0 Å². The van der Waals surface area contributed by atoms with Crippen molar-refractivity contribution in [2.45, 2.75) is 13.3 Å². The van der Waals surface area contributed by atoms with Crippen LogP contribution in [0.5, 0.6) is 0 Å². The molecule has 5 heteroatoms. The normalized spacial score (nSPS) is 23.5. The minimum Gasteiger partial charge on any atom is -0.496 e. The fourth-order valence-corrected chi connectivity index (χ4v) is 3.09. The van der Waals surface area contributed by atoms with Gasteiger partial charge in [0.05, 0.1) is 12.2 Å². The summed E-state index contributed by atoms with van der Waals surface area (Å²) in [6, 6.07) is 0. The highest BCUT2D eigenvalue weighted by Crippen LogP contribution is 2.31. The molecule has 0 aromatic rings. The van der Waals surface area contributed by atoms with E-state index in [9.17, 15) is 0 Å². The first-order valence-corrected chi connectivity index (χ1v) is 7.32. The summed E-state index contributed by atoms with van der Waals surface area (Å²) in [5, 5.41) is 0. The van der Waals surface area contributed by atoms with Crippen molar-refractivity contribution in [3.8, 4) is 0 Å². The third-order valence-corrected chi connectivity index (χ3v) is 4.22. The maximum Gasteiger partial charge on any atom is 0.145 e. The lowest BCUT2D eigenvalue weighted by Gasteiger charge is -2.43. The molecule has 1 atom stereocenters. The molecule has 0 radical (unpaired) electrons. The molecule has 20 heavy (non-hydrogen) atoms. The molecule has 0 aromatic carbocycles. The van der Waals surface area contributed by atoms with Crippen molar-refractivity contribution >= 4 is 0 Å². The molecule has 2 aliphatic heterocycles. The molecule has 0 N–H and O–H groups in total. The molecule has 0 amide bonds. The van der Waals surface area contributed by atoms with Crippen molar-refractivity contribution < 1.29 is 4.74 Å². The van der Waals surface area contributed by atoms with Crippen LogP contribution in [0.1, 0.15) is 13.3 Å². The Bertz CT molecular complexity index is 416. The van der Waals surface area contributed by atoms with E-state index in [1.165, 1.54) is 17.9 Å². The lowest BCUT2D eigenvalue weighted by atomic mass is 9.98. The smallest absolute Gasteiger partial charge is 0.145 e. The molecule has 2 rings (SSSR count). The van der Waals surface area contributed by atoms with Crippen molar-refractivity contribution in [2.24, 2.45) is 5.92 Å². The Morgan fingerprint density at radius 3 is 2.45 bits per heavy atom. The highest BCUT2D eigenvalue weighted by Gasteiger charge is 2.29. The van der Waals surface area contributed by atoms with Gasteiger partial charge in [-0.15, -0.1) is 0 Å². The first-order valence-electron chi connectivity index (χ1n) is 7.32. The van der Waals surface area contributed by atoms with E-state index in [2.05, 4.69) is 61.8 Å². The van der Waals surface area contributed by atoms with E-state index in [1.54, 1.807) is 0 Å². The first-order chi connectivity index (χ1) is 9.43. The lowest BCUT2D eigenvalue weighted by molar-refractivity contribution is 0.123. The van der Waals surface area contributed by atoms with Gasteiger partial charge in [0.1, 0.15) is 24.5 Å². The highest BCUT2D eigenvalue weighted by atomic mass is 16.5. The van der Waals surface area contributed by atoms with Gasteiger partial charge in [-0.2, -0.15) is 0 Å². The van der Waals surface area contributed by atoms with Gasteiger partial charge in [-0.05, 0) is 6.42 Å². The summed E-state index contributed by atoms with van der Waals surface area (Å²) in [7, 11) is 10.7. The summed E-state index contributed by atoms with van der Waals surface area (Å²) in [4.78, 5) is 9.09. The average Bonchev–Trinajstić information content (AvgIpc) is 2.40. The Kier molecular flexibility index (Phi) is 4.35. The molecule has 0 aliphatic carbocycles. The third-order valence-electron chi connectivity index (χ3n) is 4.22. The minimum absolute atomic E-state index is 0.578. The second-order valence-electron chi connectivity index (χ2n) is 6.04. The number of allylic oxidation sites excluding steroid dienone is 1. The van der Waals surface area contributed by atoms with Crippen molar-refractivity contribution in [1.29, 1.82) is 0 Å². The first kappa shape index (κ1) is 14.9. The van der Waals surface area contributed by atoms with Crippen LogP contribution in [0.2, 0.25) is 0 Å². The fourth-order valence-electron chi connectivity index (χ4n) is 3.09. The maximum atomic E-state index is 5.52. The molecule has 114 valence electrons. The zero-order chi connectivity index (χ0) is 14.9. The quantitative estimate of drug-likeness (QED) is 0.777. The van der Waals surface area contributed by atoms with Crippen LogP contribution in [0.25, 0.3) is 0 Å². The monoisotopic (exact) mass is 280 g/mol. The van der Waals surface area contributed by atoms with E-state index in [0.29, 0.717) is 5.92 Å². The van der Waals surface area contributed by atoms with Gasteiger partial charge >= 0.3 is 0 Å². The zero-order valence-electron chi connectivity index (χ0n) is 13.7. The Balaban J connectivity index is 2.39. The summed E-state index contributed by atoms with van der Waals surface area (Å²) >= 11 is 0. The topological polar surface area (TPSA) is 22.2 Å². The van der Waals surface area contributed by atoms with Crippen molar-refractivity contribution in [1.82, 2.24) is 19.6 Å². The molecule has 2 aliphatic rings. The van der Waals surface area contributed by atoms with Crippen LogP contribution in [0.4, 0.5) is 0 Å². The van der Waals surface area contributed by atoms with Crippen LogP contribution in [-0.4, -0.2) is 74.5 Å². The number of rotatable bonds is 3. The predicted octanol–water partition coefficient (Wildman–Crippen LogP) is 1.38. The fraction of sp³-hybridized carbons (Fsp3) is 0.733. The van der Waals surface area contributed by atoms with Crippen molar-refractivity contribution in [2.75, 3.05) is 54.9 Å². The van der Waals surface area contributed by atoms with Gasteiger partial charge in [0.25, 0.3) is 0 Å². The molecule has 1 unspecified atom stereocenters. The number of hydrogen-bond acceptors (Lipinski definition) is 5. The number of ether oxygens (including phenoxy) is 1. The largest absolute Gasteiger partial charge is 0.496 e. The lowest BCUT2D eigenvalue weighted by Crippen LogP contribution is -2.44. The van der Waals surface area contributed by atoms with Gasteiger partial charge in [-0.3, -0.25) is 0 Å². The molecule has 0 bridgehead atoms. The zero-order valence-corrected chi connectivity index (χ0v) is 13.7. The Morgan fingerprint density at radius 2 is 1.85 bits per heavy atom. The number of likely N-dealkylation sites (N-methyl/N-ethyl adjacent to an activating group) is 1. The Morgan fingerprint density at radius 1 is 1.15 bits per heavy atom. The van der Waals surface area contributed by atoms with Crippen LogP contribution in [-0.2, 0) is 4.74 Å². The molecule has 0 saturated heterocycles. The van der Waals surface area contributed by atoms with Crippen LogP contribution < -0.4 is 0 Å². The highest BCUT2D eigenvalue weighted by molar-refractivity contribution is 5.20. The number of nitrogens with zero attached hydrogens (tertiary/aromatic N) is 4. The van der Waals surface area contributed by atoms with E-state index in [4.69, 9.17) is 4.74 Å². The molecule has 0 fully saturated rings. The molecule has 0 saturated carbocycles. The summed E-state index contributed by atoms with van der Waals surface area (Å²) < 4.78 is 5.52. The SMILES string of the molecule is CC1CCN(C)C(N(C)C2=COCCN2C)=C1N(C)C. The maximum absolute atomic E-state index is 5.52. The standard InChI is InChI=1S/C15H28N4O/c1-12-7-8-18(5)15(14(12)16(2)3)19(6)13-11-20-10-9-17(13)4/h11-12H,7-10H2,1-6H3. The average molecular weight is 280 g/mol. The second kappa shape index (κ2) is 5.85. The third kappa shape index (κ3) is 2.67. The van der Waals surface area contributed by atoms with Gasteiger partial charge in [0.2, 0.25) is 0 Å². The van der Waals surface area contributed by atoms with Gasteiger partial charge in [-0.1, -0.05) is 6.92 Å². The minimum atomic E-state index is 0.578. The van der Waals surface area contributed by atoms with E-state index in [1.807, 2.05) is 6.26 Å². The molecular weight excluding hydrogens is 252 g/mol. The van der Waals surface area contributed by atoms with Gasteiger partial charge in [-0.25, -0.2) is 0 Å². The molecular formula is C15H28N4O. The Labute approximate surface area is 123 Å². The summed E-state index contributed by atoms with van der Waals surface area (Å²) in [5.74, 6) is 2.97. The second-order valence-corrected chi connectivity index (χ2v) is 6.04. The van der Waals surface area contributed by atoms with E-state index in [0.717, 1.165) is 25.5 Å². The summed E-state index contributed by atoms with van der Waals surface area (Å²) in [6.07, 6.45) is 3.07. The van der Waals surface area contributed by atoms with Crippen LogP contribution in [0, 0.1) is 5.92 Å². The van der Waals surface area contributed by atoms with E-state index < -0.39 is 0 Å². The van der Waals surface area contributed by atoms with Crippen LogP contribution >= 0.6 is 0 Å². The van der Waals surface area contributed by atoms with E-state index >= 15 is 0 Å². The van der Waals surface area contributed by atoms with Gasteiger partial charge in [0, 0.05) is 47.7 Å². The molecule has 0 spiro atoms. The van der Waals surface area contributed by atoms with E-state index in [-0.39, 0.29) is 0 Å². The number of hydrogen-bond donors (Lipinski definition) is 0. The summed E-state index contributed by atoms with van der Waals surface area (Å²) in [5.41, 5.74) is 1.39. The molecule has 2 heterocycles. The molecule has 0 aromatic heterocycles.